The number of aliphatic hydroxyl groups excluding tert-OH is 1. The normalized spacial score (nSPS) is 24.2. The molecule has 0 radical (unpaired) electrons. The van der Waals surface area contributed by atoms with Crippen molar-refractivity contribution in [2.45, 2.75) is 25.0 Å². The lowest BCUT2D eigenvalue weighted by atomic mass is 9.95. The van der Waals surface area contributed by atoms with E-state index >= 15 is 0 Å². The van der Waals surface area contributed by atoms with E-state index in [-0.39, 0.29) is 23.8 Å². The molecule has 136 valence electrons. The number of benzene rings is 1. The monoisotopic (exact) mass is 347 g/mol. The first-order valence-corrected chi connectivity index (χ1v) is 8.71. The lowest BCUT2D eigenvalue weighted by molar-refractivity contribution is -0.127. The van der Waals surface area contributed by atoms with Gasteiger partial charge < -0.3 is 25.4 Å². The maximum atomic E-state index is 12.5. The largest absolute Gasteiger partial charge is 0.497 e. The van der Waals surface area contributed by atoms with E-state index in [0.29, 0.717) is 44.6 Å². The minimum absolute atomic E-state index is 0.0167. The lowest BCUT2D eigenvalue weighted by Gasteiger charge is -2.32. The Kier molecular flexibility index (Phi) is 5.55. The third-order valence-corrected chi connectivity index (χ3v) is 5.00. The molecule has 0 spiro atoms. The number of rotatable bonds is 4. The van der Waals surface area contributed by atoms with E-state index < -0.39 is 6.10 Å². The van der Waals surface area contributed by atoms with Crippen molar-refractivity contribution < 1.29 is 19.4 Å². The van der Waals surface area contributed by atoms with Crippen molar-refractivity contribution in [2.24, 2.45) is 5.92 Å². The van der Waals surface area contributed by atoms with Crippen LogP contribution in [0.15, 0.2) is 24.3 Å². The fraction of sp³-hybridized carbons (Fsp3) is 0.556. The van der Waals surface area contributed by atoms with Gasteiger partial charge in [0.05, 0.1) is 19.3 Å². The van der Waals surface area contributed by atoms with Crippen molar-refractivity contribution in [3.8, 4) is 5.75 Å². The molecule has 0 unspecified atom stereocenters. The van der Waals surface area contributed by atoms with Crippen molar-refractivity contribution in [2.75, 3.05) is 33.3 Å². The SMILES string of the molecule is COc1ccc(C(=O)N2CCC(C(=O)N[C@@H]3CNC[C@H]3O)CC2)cc1. The number of hydrogen-bond donors (Lipinski definition) is 3. The van der Waals surface area contributed by atoms with Crippen molar-refractivity contribution >= 4 is 11.8 Å². The van der Waals surface area contributed by atoms with Gasteiger partial charge in [0.25, 0.3) is 5.91 Å². The van der Waals surface area contributed by atoms with Gasteiger partial charge in [-0.1, -0.05) is 0 Å². The van der Waals surface area contributed by atoms with Gasteiger partial charge in [-0.15, -0.1) is 0 Å². The summed E-state index contributed by atoms with van der Waals surface area (Å²) in [6.07, 6.45) is 0.759. The van der Waals surface area contributed by atoms with Gasteiger partial charge in [-0.05, 0) is 37.1 Å². The number of carbonyl (C=O) groups excluding carboxylic acids is 2. The van der Waals surface area contributed by atoms with E-state index in [1.165, 1.54) is 0 Å². The Hall–Kier alpha value is -2.12. The number of carbonyl (C=O) groups is 2. The summed E-state index contributed by atoms with van der Waals surface area (Å²) < 4.78 is 5.11. The first-order chi connectivity index (χ1) is 12.1. The number of hydrogen-bond acceptors (Lipinski definition) is 5. The second-order valence-electron chi connectivity index (χ2n) is 6.64. The summed E-state index contributed by atoms with van der Waals surface area (Å²) in [4.78, 5) is 26.7. The summed E-state index contributed by atoms with van der Waals surface area (Å²) in [5.41, 5.74) is 0.629. The van der Waals surface area contributed by atoms with E-state index in [0.717, 1.165) is 5.75 Å². The molecule has 2 atom stereocenters. The molecule has 1 aromatic rings. The van der Waals surface area contributed by atoms with Crippen LogP contribution in [-0.4, -0.2) is 67.3 Å². The number of nitrogens with one attached hydrogen (secondary N) is 2. The smallest absolute Gasteiger partial charge is 0.253 e. The second kappa shape index (κ2) is 7.84. The van der Waals surface area contributed by atoms with E-state index in [2.05, 4.69) is 10.6 Å². The Balaban J connectivity index is 1.50. The highest BCUT2D eigenvalue weighted by Gasteiger charge is 2.32. The fourth-order valence-electron chi connectivity index (χ4n) is 3.37. The third kappa shape index (κ3) is 4.11. The van der Waals surface area contributed by atoms with Crippen LogP contribution in [0.25, 0.3) is 0 Å². The Labute approximate surface area is 147 Å². The van der Waals surface area contributed by atoms with Crippen LogP contribution in [0.1, 0.15) is 23.2 Å². The number of piperidine rings is 1. The highest BCUT2D eigenvalue weighted by atomic mass is 16.5. The van der Waals surface area contributed by atoms with Gasteiger partial charge in [0, 0.05) is 37.7 Å². The number of methoxy groups -OCH3 is 1. The third-order valence-electron chi connectivity index (χ3n) is 5.00. The molecule has 25 heavy (non-hydrogen) atoms. The number of aliphatic hydroxyl groups is 1. The standard InChI is InChI=1S/C18H25N3O4/c1-25-14-4-2-13(3-5-14)18(24)21-8-6-12(7-9-21)17(23)20-15-10-19-11-16(15)22/h2-5,12,15-16,19,22H,6-11H2,1H3,(H,20,23)/t15-,16-/m1/s1. The molecule has 0 bridgehead atoms. The minimum atomic E-state index is -0.527. The van der Waals surface area contributed by atoms with Crippen LogP contribution >= 0.6 is 0 Å². The summed E-state index contributed by atoms with van der Waals surface area (Å²) in [6.45, 7) is 2.24. The van der Waals surface area contributed by atoms with Gasteiger partial charge >= 0.3 is 0 Å². The summed E-state index contributed by atoms with van der Waals surface area (Å²) in [6, 6.07) is 6.84. The zero-order chi connectivity index (χ0) is 17.8. The van der Waals surface area contributed by atoms with Crippen LogP contribution in [0.2, 0.25) is 0 Å². The lowest BCUT2D eigenvalue weighted by Crippen LogP contribution is -2.48. The summed E-state index contributed by atoms with van der Waals surface area (Å²) in [5, 5.41) is 15.7. The van der Waals surface area contributed by atoms with E-state index in [1.54, 1.807) is 36.3 Å². The zero-order valence-electron chi connectivity index (χ0n) is 14.4. The van der Waals surface area contributed by atoms with Gasteiger partial charge in [0.2, 0.25) is 5.91 Å². The molecule has 2 aliphatic heterocycles. The van der Waals surface area contributed by atoms with Crippen LogP contribution in [-0.2, 0) is 4.79 Å². The Morgan fingerprint density at radius 2 is 1.88 bits per heavy atom. The molecule has 3 N–H and O–H groups in total. The number of likely N-dealkylation sites (tertiary alicyclic amines) is 1. The average Bonchev–Trinajstić information content (AvgIpc) is 3.06. The van der Waals surface area contributed by atoms with E-state index in [4.69, 9.17) is 4.74 Å². The topological polar surface area (TPSA) is 90.9 Å². The van der Waals surface area contributed by atoms with Gasteiger partial charge in [-0.3, -0.25) is 9.59 Å². The van der Waals surface area contributed by atoms with Crippen LogP contribution < -0.4 is 15.4 Å². The minimum Gasteiger partial charge on any atom is -0.497 e. The molecular weight excluding hydrogens is 322 g/mol. The first kappa shape index (κ1) is 17.7. The van der Waals surface area contributed by atoms with E-state index in [1.807, 2.05) is 0 Å². The molecule has 2 fully saturated rings. The molecule has 3 rings (SSSR count). The van der Waals surface area contributed by atoms with E-state index in [9.17, 15) is 14.7 Å². The molecule has 0 saturated carbocycles. The van der Waals surface area contributed by atoms with Gasteiger partial charge in [0.1, 0.15) is 5.75 Å². The van der Waals surface area contributed by atoms with Gasteiger partial charge in [-0.25, -0.2) is 0 Å². The van der Waals surface area contributed by atoms with Crippen molar-refractivity contribution in [3.63, 3.8) is 0 Å². The number of β-amino-alcohol motifs (C(OH)–C–C–N with tert-alkyl or cyclic N) is 1. The Morgan fingerprint density at radius 1 is 1.20 bits per heavy atom. The molecule has 0 aromatic heterocycles. The van der Waals surface area contributed by atoms with Crippen LogP contribution in [0.3, 0.4) is 0 Å². The molecule has 2 heterocycles. The van der Waals surface area contributed by atoms with Crippen LogP contribution in [0.5, 0.6) is 5.75 Å². The van der Waals surface area contributed by atoms with Gasteiger partial charge in [0.15, 0.2) is 0 Å². The Morgan fingerprint density at radius 3 is 2.44 bits per heavy atom. The summed E-state index contributed by atoms with van der Waals surface area (Å²) >= 11 is 0. The molecule has 7 nitrogen and oxygen atoms in total. The highest BCUT2D eigenvalue weighted by molar-refractivity contribution is 5.94. The molecule has 1 aromatic carbocycles. The van der Waals surface area contributed by atoms with Crippen molar-refractivity contribution in [1.82, 2.24) is 15.5 Å². The number of nitrogens with zero attached hydrogens (tertiary/aromatic N) is 1. The molecule has 2 saturated heterocycles. The molecule has 0 aliphatic carbocycles. The van der Waals surface area contributed by atoms with Crippen LogP contribution in [0.4, 0.5) is 0 Å². The first-order valence-electron chi connectivity index (χ1n) is 8.71. The van der Waals surface area contributed by atoms with Gasteiger partial charge in [-0.2, -0.15) is 0 Å². The zero-order valence-corrected chi connectivity index (χ0v) is 14.4. The van der Waals surface area contributed by atoms with Crippen molar-refractivity contribution in [3.05, 3.63) is 29.8 Å². The molecule has 2 amide bonds. The molecule has 2 aliphatic rings. The van der Waals surface area contributed by atoms with Crippen LogP contribution in [0, 0.1) is 5.92 Å². The number of amides is 2. The maximum absolute atomic E-state index is 12.5. The Bertz CT molecular complexity index is 611. The fourth-order valence-corrected chi connectivity index (χ4v) is 3.37. The molecule has 7 heteroatoms. The maximum Gasteiger partial charge on any atom is 0.253 e. The quantitative estimate of drug-likeness (QED) is 0.713. The molecular formula is C18H25N3O4. The second-order valence-corrected chi connectivity index (χ2v) is 6.64. The predicted molar refractivity (Wildman–Crippen MR) is 92.4 cm³/mol. The average molecular weight is 347 g/mol. The summed E-state index contributed by atoms with van der Waals surface area (Å²) in [7, 11) is 1.59. The summed E-state index contributed by atoms with van der Waals surface area (Å²) in [5.74, 6) is 0.574. The van der Waals surface area contributed by atoms with Crippen molar-refractivity contribution in [1.29, 1.82) is 0 Å². The number of ether oxygens (including phenoxy) is 1. The predicted octanol–water partition coefficient (Wildman–Crippen LogP) is -0.00370. The highest BCUT2D eigenvalue weighted by Crippen LogP contribution is 2.21.